The van der Waals surface area contributed by atoms with E-state index in [1.54, 1.807) is 30.3 Å². The summed E-state index contributed by atoms with van der Waals surface area (Å²) in [5.74, 6) is -0.679. The number of aromatic nitrogens is 1. The molecule has 3 aromatic rings. The Labute approximate surface area is 154 Å². The van der Waals surface area contributed by atoms with E-state index in [1.807, 2.05) is 0 Å². The van der Waals surface area contributed by atoms with Gasteiger partial charge in [0.1, 0.15) is 17.4 Å². The maximum atomic E-state index is 12.3. The van der Waals surface area contributed by atoms with Gasteiger partial charge in [0.25, 0.3) is 5.91 Å². The molecular weight excluding hydrogens is 350 g/mol. The quantitative estimate of drug-likeness (QED) is 0.627. The van der Waals surface area contributed by atoms with Gasteiger partial charge < -0.3 is 20.2 Å². The van der Waals surface area contributed by atoms with Gasteiger partial charge in [-0.05, 0) is 29.8 Å². The summed E-state index contributed by atoms with van der Waals surface area (Å²) in [6.07, 6.45) is 2.95. The number of nitrogens with one attached hydrogen (secondary N) is 1. The second kappa shape index (κ2) is 7.69. The summed E-state index contributed by atoms with van der Waals surface area (Å²) < 4.78 is 10.3. The Bertz CT molecular complexity index is 1050. The molecule has 0 spiro atoms. The molecule has 0 saturated heterocycles. The van der Waals surface area contributed by atoms with Gasteiger partial charge in [-0.1, -0.05) is 0 Å². The molecule has 2 heterocycles. The lowest BCUT2D eigenvalue weighted by molar-refractivity contribution is -0.119. The van der Waals surface area contributed by atoms with Crippen molar-refractivity contribution in [2.75, 3.05) is 7.11 Å². The fourth-order valence-corrected chi connectivity index (χ4v) is 2.69. The number of methoxy groups -OCH3 is 1. The lowest BCUT2D eigenvalue weighted by Gasteiger charge is -2.16. The molecule has 8 heteroatoms. The summed E-state index contributed by atoms with van der Waals surface area (Å²) in [6, 6.07) is 8.45. The fraction of sp³-hybridized carbons (Fsp3) is 0.158. The molecule has 0 bridgehead atoms. The summed E-state index contributed by atoms with van der Waals surface area (Å²) in [5, 5.41) is 3.20. The van der Waals surface area contributed by atoms with Gasteiger partial charge in [-0.15, -0.1) is 0 Å². The first-order valence-electron chi connectivity index (χ1n) is 8.09. The van der Waals surface area contributed by atoms with Gasteiger partial charge in [0.15, 0.2) is 0 Å². The van der Waals surface area contributed by atoms with Crippen LogP contribution in [0.1, 0.15) is 15.9 Å². The zero-order valence-electron chi connectivity index (χ0n) is 14.5. The molecule has 2 amide bonds. The van der Waals surface area contributed by atoms with E-state index in [4.69, 9.17) is 14.9 Å². The van der Waals surface area contributed by atoms with Crippen LogP contribution in [-0.2, 0) is 11.2 Å². The number of benzene rings is 1. The molecule has 0 fully saturated rings. The van der Waals surface area contributed by atoms with Crippen LogP contribution in [0.2, 0.25) is 0 Å². The van der Waals surface area contributed by atoms with Gasteiger partial charge in [0, 0.05) is 36.3 Å². The molecular formula is C19H17N3O5. The molecule has 0 radical (unpaired) electrons. The van der Waals surface area contributed by atoms with Crippen molar-refractivity contribution in [1.82, 2.24) is 10.3 Å². The number of nitrogens with two attached hydrogens (primary N) is 1. The van der Waals surface area contributed by atoms with E-state index >= 15 is 0 Å². The molecule has 1 atom stereocenters. The monoisotopic (exact) mass is 367 g/mol. The average Bonchev–Trinajstić information content (AvgIpc) is 2.67. The first kappa shape index (κ1) is 18.1. The highest BCUT2D eigenvalue weighted by atomic mass is 16.5. The third-order valence-corrected chi connectivity index (χ3v) is 4.03. The van der Waals surface area contributed by atoms with Crippen molar-refractivity contribution in [3.8, 4) is 5.75 Å². The molecule has 0 unspecified atom stereocenters. The number of hydrogen-bond donors (Lipinski definition) is 2. The maximum Gasteiger partial charge on any atom is 0.336 e. The highest BCUT2D eigenvalue weighted by Crippen LogP contribution is 2.23. The number of hydrogen-bond acceptors (Lipinski definition) is 6. The number of amides is 2. The first-order valence-corrected chi connectivity index (χ1v) is 8.09. The smallest absolute Gasteiger partial charge is 0.336 e. The van der Waals surface area contributed by atoms with Crippen molar-refractivity contribution < 1.29 is 18.7 Å². The maximum absolute atomic E-state index is 12.3. The first-order chi connectivity index (χ1) is 13.0. The van der Waals surface area contributed by atoms with Crippen LogP contribution >= 0.6 is 0 Å². The fourth-order valence-electron chi connectivity index (χ4n) is 2.69. The number of pyridine rings is 1. The molecule has 0 aliphatic rings. The van der Waals surface area contributed by atoms with E-state index in [1.165, 1.54) is 25.6 Å². The Morgan fingerprint density at radius 1 is 1.30 bits per heavy atom. The normalized spacial score (nSPS) is 11.7. The van der Waals surface area contributed by atoms with Crippen molar-refractivity contribution >= 4 is 22.8 Å². The lowest BCUT2D eigenvalue weighted by Crippen LogP contribution is -2.46. The standard InChI is InChI=1S/C19H17N3O5/c1-26-13-4-5-14-12(8-17(23)27-16(14)9-13)7-15(18(20)24)22-19(25)11-3-2-6-21-10-11/h2-6,8-10,15H,7H2,1H3,(H2,20,24)(H,22,25)/t15-/m0/s1. The second-order valence-corrected chi connectivity index (χ2v) is 5.83. The molecule has 1 aromatic carbocycles. The zero-order chi connectivity index (χ0) is 19.4. The number of primary amides is 1. The SMILES string of the molecule is COc1ccc2c(C[C@H](NC(=O)c3cccnc3)C(N)=O)cc(=O)oc2c1. The molecule has 3 N–H and O–H groups in total. The van der Waals surface area contributed by atoms with Crippen LogP contribution in [-0.4, -0.2) is 29.9 Å². The molecule has 27 heavy (non-hydrogen) atoms. The topological polar surface area (TPSA) is 125 Å². The summed E-state index contributed by atoms with van der Waals surface area (Å²) in [4.78, 5) is 39.9. The van der Waals surface area contributed by atoms with Gasteiger partial charge in [-0.2, -0.15) is 0 Å². The Kier molecular flexibility index (Phi) is 5.16. The average molecular weight is 367 g/mol. The number of fused-ring (bicyclic) bond motifs is 1. The predicted molar refractivity (Wildman–Crippen MR) is 97.4 cm³/mol. The van der Waals surface area contributed by atoms with Crippen LogP contribution in [0.4, 0.5) is 0 Å². The largest absolute Gasteiger partial charge is 0.497 e. The van der Waals surface area contributed by atoms with Crippen molar-refractivity contribution in [3.05, 3.63) is 70.3 Å². The minimum absolute atomic E-state index is 0.0375. The molecule has 8 nitrogen and oxygen atoms in total. The number of rotatable bonds is 6. The molecule has 2 aromatic heterocycles. The third kappa shape index (κ3) is 4.12. The number of ether oxygens (including phenoxy) is 1. The van der Waals surface area contributed by atoms with Crippen LogP contribution in [0, 0.1) is 0 Å². The zero-order valence-corrected chi connectivity index (χ0v) is 14.5. The summed E-state index contributed by atoms with van der Waals surface area (Å²) in [7, 11) is 1.50. The molecule has 0 saturated carbocycles. The van der Waals surface area contributed by atoms with Crippen LogP contribution in [0.3, 0.4) is 0 Å². The van der Waals surface area contributed by atoms with Gasteiger partial charge in [-0.25, -0.2) is 4.79 Å². The molecule has 3 rings (SSSR count). The second-order valence-electron chi connectivity index (χ2n) is 5.83. The molecule has 0 aliphatic heterocycles. The van der Waals surface area contributed by atoms with Crippen LogP contribution in [0.15, 0.2) is 58.0 Å². The summed E-state index contributed by atoms with van der Waals surface area (Å²) in [6.45, 7) is 0. The van der Waals surface area contributed by atoms with Crippen LogP contribution in [0.5, 0.6) is 5.75 Å². The van der Waals surface area contributed by atoms with E-state index in [0.29, 0.717) is 27.8 Å². The predicted octanol–water partition coefficient (Wildman–Crippen LogP) is 1.02. The van der Waals surface area contributed by atoms with Gasteiger partial charge in [-0.3, -0.25) is 14.6 Å². The number of carbonyl (C=O) groups excluding carboxylic acids is 2. The Morgan fingerprint density at radius 2 is 2.11 bits per heavy atom. The Morgan fingerprint density at radius 3 is 2.78 bits per heavy atom. The minimum atomic E-state index is -1.01. The van der Waals surface area contributed by atoms with Crippen molar-refractivity contribution in [2.45, 2.75) is 12.5 Å². The summed E-state index contributed by atoms with van der Waals surface area (Å²) >= 11 is 0. The highest BCUT2D eigenvalue weighted by Gasteiger charge is 2.21. The molecule has 0 aliphatic carbocycles. The van der Waals surface area contributed by atoms with E-state index in [9.17, 15) is 14.4 Å². The Balaban J connectivity index is 1.92. The van der Waals surface area contributed by atoms with Crippen molar-refractivity contribution in [2.24, 2.45) is 5.73 Å². The Hall–Kier alpha value is -3.68. The van der Waals surface area contributed by atoms with E-state index in [0.717, 1.165) is 0 Å². The van der Waals surface area contributed by atoms with E-state index in [2.05, 4.69) is 10.3 Å². The third-order valence-electron chi connectivity index (χ3n) is 4.03. The van der Waals surface area contributed by atoms with Crippen molar-refractivity contribution in [3.63, 3.8) is 0 Å². The summed E-state index contributed by atoms with van der Waals surface area (Å²) in [5.41, 5.74) is 6.01. The number of nitrogens with zero attached hydrogens (tertiary/aromatic N) is 1. The lowest BCUT2D eigenvalue weighted by atomic mass is 10.0. The van der Waals surface area contributed by atoms with E-state index < -0.39 is 23.5 Å². The van der Waals surface area contributed by atoms with Gasteiger partial charge in [0.2, 0.25) is 5.91 Å². The highest BCUT2D eigenvalue weighted by molar-refractivity contribution is 5.97. The number of carbonyl (C=O) groups is 2. The molecule has 138 valence electrons. The van der Waals surface area contributed by atoms with E-state index in [-0.39, 0.29) is 6.42 Å². The van der Waals surface area contributed by atoms with Gasteiger partial charge in [0.05, 0.1) is 12.7 Å². The van der Waals surface area contributed by atoms with Gasteiger partial charge >= 0.3 is 5.63 Å². The van der Waals surface area contributed by atoms with Crippen molar-refractivity contribution in [1.29, 1.82) is 0 Å². The minimum Gasteiger partial charge on any atom is -0.497 e. The van der Waals surface area contributed by atoms with Crippen LogP contribution < -0.4 is 21.4 Å². The van der Waals surface area contributed by atoms with Crippen LogP contribution in [0.25, 0.3) is 11.0 Å².